The molecule has 98 valence electrons. The Morgan fingerprint density at radius 2 is 1.95 bits per heavy atom. The Kier molecular flexibility index (Phi) is 3.66. The Balaban J connectivity index is 1.94. The lowest BCUT2D eigenvalue weighted by Crippen LogP contribution is -2.54. The van der Waals surface area contributed by atoms with Gasteiger partial charge in [0, 0.05) is 0 Å². The molecule has 0 aliphatic carbocycles. The number of rotatable bonds is 2. The SMILES string of the molecule is CC1(C(=O)NC(=O)Oc2ccccc2)C=CC=CN1. The van der Waals surface area contributed by atoms with Gasteiger partial charge in [-0.25, -0.2) is 4.79 Å². The fourth-order valence-corrected chi connectivity index (χ4v) is 1.56. The Morgan fingerprint density at radius 1 is 1.21 bits per heavy atom. The van der Waals surface area contributed by atoms with Crippen LogP contribution in [0.25, 0.3) is 0 Å². The standard InChI is InChI=1S/C14H14N2O3/c1-14(9-5-6-10-15-14)12(17)16-13(18)19-11-7-3-2-4-8-11/h2-10,15H,1H3,(H,16,17,18). The normalized spacial score (nSPS) is 20.5. The van der Waals surface area contributed by atoms with Crippen LogP contribution >= 0.6 is 0 Å². The van der Waals surface area contributed by atoms with E-state index in [9.17, 15) is 9.59 Å². The zero-order valence-electron chi connectivity index (χ0n) is 10.4. The molecule has 1 unspecified atom stereocenters. The van der Waals surface area contributed by atoms with Crippen molar-refractivity contribution in [2.45, 2.75) is 12.5 Å². The summed E-state index contributed by atoms with van der Waals surface area (Å²) in [5, 5.41) is 5.07. The molecule has 19 heavy (non-hydrogen) atoms. The first kappa shape index (κ1) is 12.9. The van der Waals surface area contributed by atoms with E-state index in [-0.39, 0.29) is 0 Å². The van der Waals surface area contributed by atoms with Gasteiger partial charge in [-0.15, -0.1) is 0 Å². The topological polar surface area (TPSA) is 67.4 Å². The second-order valence-corrected chi connectivity index (χ2v) is 4.22. The molecular formula is C14H14N2O3. The molecule has 1 aromatic rings. The second kappa shape index (κ2) is 5.39. The number of para-hydroxylation sites is 1. The van der Waals surface area contributed by atoms with Crippen molar-refractivity contribution >= 4 is 12.0 Å². The maximum atomic E-state index is 12.0. The fourth-order valence-electron chi connectivity index (χ4n) is 1.56. The molecule has 1 aromatic carbocycles. The Hall–Kier alpha value is -2.56. The minimum absolute atomic E-state index is 0.380. The number of allylic oxidation sites excluding steroid dienone is 2. The lowest BCUT2D eigenvalue weighted by molar-refractivity contribution is -0.124. The average molecular weight is 258 g/mol. The van der Waals surface area contributed by atoms with Crippen LogP contribution in [0, 0.1) is 0 Å². The van der Waals surface area contributed by atoms with Gasteiger partial charge in [0.1, 0.15) is 11.3 Å². The first-order valence-corrected chi connectivity index (χ1v) is 5.80. The van der Waals surface area contributed by atoms with Gasteiger partial charge >= 0.3 is 6.09 Å². The van der Waals surface area contributed by atoms with E-state index in [2.05, 4.69) is 10.6 Å². The molecule has 0 saturated carbocycles. The highest BCUT2D eigenvalue weighted by molar-refractivity contribution is 5.99. The molecule has 1 atom stereocenters. The molecule has 5 heteroatoms. The first-order chi connectivity index (χ1) is 9.10. The number of imide groups is 1. The Bertz CT molecular complexity index is 537. The van der Waals surface area contributed by atoms with Crippen molar-refractivity contribution in [2.75, 3.05) is 0 Å². The van der Waals surface area contributed by atoms with Gasteiger partial charge < -0.3 is 10.1 Å². The highest BCUT2D eigenvalue weighted by atomic mass is 16.6. The van der Waals surface area contributed by atoms with Crippen molar-refractivity contribution in [1.82, 2.24) is 10.6 Å². The summed E-state index contributed by atoms with van der Waals surface area (Å²) in [6, 6.07) is 8.55. The van der Waals surface area contributed by atoms with Crippen molar-refractivity contribution in [3.8, 4) is 5.75 Å². The summed E-state index contributed by atoms with van der Waals surface area (Å²) in [6.07, 6.45) is 6.00. The van der Waals surface area contributed by atoms with E-state index >= 15 is 0 Å². The number of hydrogen-bond donors (Lipinski definition) is 2. The number of carbonyl (C=O) groups excluding carboxylic acids is 2. The van der Waals surface area contributed by atoms with Crippen molar-refractivity contribution in [2.24, 2.45) is 0 Å². The summed E-state index contributed by atoms with van der Waals surface area (Å²) < 4.78 is 4.98. The quantitative estimate of drug-likeness (QED) is 0.847. The molecule has 2 amide bonds. The maximum Gasteiger partial charge on any atom is 0.419 e. The summed E-state index contributed by atoms with van der Waals surface area (Å²) in [6.45, 7) is 1.66. The molecule has 0 spiro atoms. The van der Waals surface area contributed by atoms with Gasteiger partial charge in [-0.1, -0.05) is 30.4 Å². The van der Waals surface area contributed by atoms with Crippen LogP contribution in [0.1, 0.15) is 6.92 Å². The molecule has 1 heterocycles. The van der Waals surface area contributed by atoms with E-state index in [1.54, 1.807) is 61.7 Å². The summed E-state index contributed by atoms with van der Waals surface area (Å²) in [7, 11) is 0. The maximum absolute atomic E-state index is 12.0. The molecule has 0 aromatic heterocycles. The minimum Gasteiger partial charge on any atom is -0.410 e. The monoisotopic (exact) mass is 258 g/mol. The number of benzene rings is 1. The third-order valence-corrected chi connectivity index (χ3v) is 2.66. The van der Waals surface area contributed by atoms with Crippen LogP contribution in [-0.4, -0.2) is 17.5 Å². The van der Waals surface area contributed by atoms with E-state index in [4.69, 9.17) is 4.74 Å². The number of ether oxygens (including phenoxy) is 1. The number of nitrogens with one attached hydrogen (secondary N) is 2. The van der Waals surface area contributed by atoms with Crippen molar-refractivity contribution in [3.05, 3.63) is 54.8 Å². The third kappa shape index (κ3) is 3.22. The molecule has 0 bridgehead atoms. The molecule has 0 radical (unpaired) electrons. The second-order valence-electron chi connectivity index (χ2n) is 4.22. The van der Waals surface area contributed by atoms with Gasteiger partial charge in [0.2, 0.25) is 0 Å². The molecule has 0 fully saturated rings. The molecule has 0 saturated heterocycles. The smallest absolute Gasteiger partial charge is 0.410 e. The van der Waals surface area contributed by atoms with Crippen LogP contribution in [0.2, 0.25) is 0 Å². The molecular weight excluding hydrogens is 244 g/mol. The number of amides is 2. The fraction of sp³-hybridized carbons (Fsp3) is 0.143. The summed E-state index contributed by atoms with van der Waals surface area (Å²) in [5.41, 5.74) is -0.954. The number of hydrogen-bond acceptors (Lipinski definition) is 4. The lowest BCUT2D eigenvalue weighted by Gasteiger charge is -2.26. The van der Waals surface area contributed by atoms with Gasteiger partial charge in [-0.2, -0.15) is 0 Å². The highest BCUT2D eigenvalue weighted by Crippen LogP contribution is 2.11. The molecule has 5 nitrogen and oxygen atoms in total. The molecule has 2 N–H and O–H groups in total. The van der Waals surface area contributed by atoms with Crippen molar-refractivity contribution in [3.63, 3.8) is 0 Å². The van der Waals surface area contributed by atoms with Crippen molar-refractivity contribution in [1.29, 1.82) is 0 Å². The van der Waals surface area contributed by atoms with Gasteiger partial charge in [-0.3, -0.25) is 10.1 Å². The summed E-state index contributed by atoms with van der Waals surface area (Å²) in [4.78, 5) is 23.5. The van der Waals surface area contributed by atoms with E-state index in [1.165, 1.54) is 0 Å². The Morgan fingerprint density at radius 3 is 2.58 bits per heavy atom. The van der Waals surface area contributed by atoms with Crippen LogP contribution in [0.5, 0.6) is 5.75 Å². The molecule has 1 aliphatic rings. The van der Waals surface area contributed by atoms with Crippen LogP contribution in [0.4, 0.5) is 4.79 Å². The lowest BCUT2D eigenvalue weighted by atomic mass is 9.99. The van der Waals surface area contributed by atoms with Crippen LogP contribution in [0.15, 0.2) is 54.8 Å². The number of carbonyl (C=O) groups is 2. The summed E-state index contributed by atoms with van der Waals surface area (Å²) in [5.74, 6) is -0.0981. The van der Waals surface area contributed by atoms with Crippen LogP contribution in [0.3, 0.4) is 0 Å². The Labute approximate surface area is 111 Å². The van der Waals surface area contributed by atoms with Crippen molar-refractivity contribution < 1.29 is 14.3 Å². The first-order valence-electron chi connectivity index (χ1n) is 5.80. The van der Waals surface area contributed by atoms with Gasteiger partial charge in [0.05, 0.1) is 0 Å². The van der Waals surface area contributed by atoms with Crippen LogP contribution in [-0.2, 0) is 4.79 Å². The van der Waals surface area contributed by atoms with Crippen LogP contribution < -0.4 is 15.4 Å². The number of dihydropyridines is 1. The summed E-state index contributed by atoms with van der Waals surface area (Å²) >= 11 is 0. The largest absolute Gasteiger partial charge is 0.419 e. The third-order valence-electron chi connectivity index (χ3n) is 2.66. The van der Waals surface area contributed by atoms with Gasteiger partial charge in [0.15, 0.2) is 0 Å². The molecule has 1 aliphatic heterocycles. The van der Waals surface area contributed by atoms with E-state index < -0.39 is 17.5 Å². The zero-order chi connectivity index (χ0) is 13.7. The van der Waals surface area contributed by atoms with Gasteiger partial charge in [0.25, 0.3) is 5.91 Å². The highest BCUT2D eigenvalue weighted by Gasteiger charge is 2.31. The zero-order valence-corrected chi connectivity index (χ0v) is 10.4. The minimum atomic E-state index is -0.954. The average Bonchev–Trinajstić information content (AvgIpc) is 2.40. The molecule has 2 rings (SSSR count). The van der Waals surface area contributed by atoms with E-state index in [0.717, 1.165) is 0 Å². The van der Waals surface area contributed by atoms with E-state index in [1.807, 2.05) is 0 Å². The predicted octanol–water partition coefficient (Wildman–Crippen LogP) is 1.73. The predicted molar refractivity (Wildman–Crippen MR) is 70.4 cm³/mol. The van der Waals surface area contributed by atoms with E-state index in [0.29, 0.717) is 5.75 Å². The van der Waals surface area contributed by atoms with Gasteiger partial charge in [-0.05, 0) is 31.3 Å².